The molecule has 0 unspecified atom stereocenters. The molecule has 1 fully saturated rings. The molecule has 1 aromatic heterocycles. The lowest BCUT2D eigenvalue weighted by Crippen LogP contribution is -2.39. The predicted molar refractivity (Wildman–Crippen MR) is 148 cm³/mol. The fourth-order valence-corrected chi connectivity index (χ4v) is 4.66. The van der Waals surface area contributed by atoms with Gasteiger partial charge in [0.05, 0.1) is 19.3 Å². The number of rotatable bonds is 9. The van der Waals surface area contributed by atoms with Crippen molar-refractivity contribution in [1.29, 1.82) is 0 Å². The Kier molecular flexibility index (Phi) is 8.03. The van der Waals surface area contributed by atoms with Gasteiger partial charge >= 0.3 is 0 Å². The highest BCUT2D eigenvalue weighted by Crippen LogP contribution is 2.22. The van der Waals surface area contributed by atoms with Crippen LogP contribution in [-0.4, -0.2) is 60.2 Å². The molecule has 2 heterocycles. The topological polar surface area (TPSA) is 70.6 Å². The normalized spacial score (nSPS) is 14.8. The van der Waals surface area contributed by atoms with Crippen LogP contribution in [0, 0.1) is 0 Å². The van der Waals surface area contributed by atoms with Gasteiger partial charge in [0.2, 0.25) is 5.95 Å². The smallest absolute Gasteiger partial charge is 0.259 e. The molecular formula is C30H33N5O2. The van der Waals surface area contributed by atoms with Crippen LogP contribution in [0.25, 0.3) is 10.8 Å². The lowest BCUT2D eigenvalue weighted by molar-refractivity contribution is 0.0376. The van der Waals surface area contributed by atoms with Gasteiger partial charge < -0.3 is 10.1 Å². The van der Waals surface area contributed by atoms with Crippen molar-refractivity contribution in [2.24, 2.45) is 0 Å². The Morgan fingerprint density at radius 2 is 1.76 bits per heavy atom. The van der Waals surface area contributed by atoms with E-state index in [2.05, 4.69) is 40.3 Å². The van der Waals surface area contributed by atoms with E-state index in [1.54, 1.807) is 11.1 Å². The molecule has 1 aliphatic heterocycles. The van der Waals surface area contributed by atoms with E-state index < -0.39 is 0 Å². The molecule has 37 heavy (non-hydrogen) atoms. The number of hydrogen-bond donors (Lipinski definition) is 1. The zero-order valence-electron chi connectivity index (χ0n) is 21.2. The van der Waals surface area contributed by atoms with Crippen molar-refractivity contribution in [2.45, 2.75) is 19.4 Å². The van der Waals surface area contributed by atoms with E-state index in [0.717, 1.165) is 55.6 Å². The molecule has 0 bridgehead atoms. The van der Waals surface area contributed by atoms with Crippen LogP contribution in [0.1, 0.15) is 35.3 Å². The molecule has 3 aromatic carbocycles. The van der Waals surface area contributed by atoms with E-state index in [1.807, 2.05) is 60.7 Å². The molecule has 1 N–H and O–H groups in total. The Hall–Kier alpha value is -3.81. The number of amides is 1. The van der Waals surface area contributed by atoms with Crippen LogP contribution in [0.15, 0.2) is 85.1 Å². The molecular weight excluding hydrogens is 462 g/mol. The average Bonchev–Trinajstić information content (AvgIpc) is 2.96. The predicted octanol–water partition coefficient (Wildman–Crippen LogP) is 5.17. The third-order valence-electron chi connectivity index (χ3n) is 6.76. The van der Waals surface area contributed by atoms with Crippen LogP contribution in [0.2, 0.25) is 0 Å². The van der Waals surface area contributed by atoms with Crippen molar-refractivity contribution in [3.8, 4) is 0 Å². The van der Waals surface area contributed by atoms with Crippen molar-refractivity contribution < 1.29 is 9.53 Å². The van der Waals surface area contributed by atoms with E-state index in [-0.39, 0.29) is 11.9 Å². The number of carbonyl (C=O) groups excluding carboxylic acids is 1. The first-order chi connectivity index (χ1) is 18.2. The highest BCUT2D eigenvalue weighted by Gasteiger charge is 2.21. The molecule has 7 nitrogen and oxygen atoms in total. The number of carbonyl (C=O) groups is 1. The molecule has 4 aromatic rings. The maximum Gasteiger partial charge on any atom is 0.259 e. The van der Waals surface area contributed by atoms with Gasteiger partial charge in [-0.1, -0.05) is 60.7 Å². The largest absolute Gasteiger partial charge is 0.379 e. The second-order valence-corrected chi connectivity index (χ2v) is 9.34. The van der Waals surface area contributed by atoms with Crippen molar-refractivity contribution in [2.75, 3.05) is 49.6 Å². The zero-order chi connectivity index (χ0) is 25.5. The summed E-state index contributed by atoms with van der Waals surface area (Å²) in [6.45, 7) is 6.93. The number of nitrogens with one attached hydrogen (secondary N) is 1. The number of hydrogen-bond acceptors (Lipinski definition) is 6. The van der Waals surface area contributed by atoms with Crippen LogP contribution < -0.4 is 10.2 Å². The van der Waals surface area contributed by atoms with Gasteiger partial charge in [0.1, 0.15) is 5.82 Å². The quantitative estimate of drug-likeness (QED) is 0.345. The molecule has 7 heteroatoms. The van der Waals surface area contributed by atoms with Crippen molar-refractivity contribution in [3.63, 3.8) is 0 Å². The number of benzene rings is 3. The fourth-order valence-electron chi connectivity index (χ4n) is 4.66. The van der Waals surface area contributed by atoms with Gasteiger partial charge in [-0.2, -0.15) is 4.98 Å². The summed E-state index contributed by atoms with van der Waals surface area (Å²) in [6, 6.07) is 26.0. The Labute approximate surface area is 218 Å². The van der Waals surface area contributed by atoms with Crippen LogP contribution in [0.5, 0.6) is 0 Å². The molecule has 190 valence electrons. The van der Waals surface area contributed by atoms with Crippen LogP contribution in [0.4, 0.5) is 11.8 Å². The summed E-state index contributed by atoms with van der Waals surface area (Å²) in [4.78, 5) is 27.2. The Bertz CT molecular complexity index is 1320. The van der Waals surface area contributed by atoms with Gasteiger partial charge in [-0.05, 0) is 47.9 Å². The molecule has 0 radical (unpaired) electrons. The van der Waals surface area contributed by atoms with E-state index in [1.165, 1.54) is 0 Å². The minimum absolute atomic E-state index is 0.0300. The molecule has 1 atom stereocenters. The number of nitrogens with zero attached hydrogens (tertiary/aromatic N) is 4. The van der Waals surface area contributed by atoms with Crippen LogP contribution >= 0.6 is 0 Å². The number of fused-ring (bicyclic) bond motifs is 1. The second kappa shape index (κ2) is 12.0. The highest BCUT2D eigenvalue weighted by molar-refractivity contribution is 6.07. The summed E-state index contributed by atoms with van der Waals surface area (Å²) in [5.41, 5.74) is 1.79. The minimum atomic E-state index is -0.0616. The monoisotopic (exact) mass is 495 g/mol. The third kappa shape index (κ3) is 6.31. The van der Waals surface area contributed by atoms with Crippen LogP contribution in [0.3, 0.4) is 0 Å². The summed E-state index contributed by atoms with van der Waals surface area (Å²) >= 11 is 0. The Balaban J connectivity index is 1.38. The summed E-state index contributed by atoms with van der Waals surface area (Å²) in [5.74, 6) is 1.03. The van der Waals surface area contributed by atoms with Gasteiger partial charge in [0.15, 0.2) is 0 Å². The highest BCUT2D eigenvalue weighted by atomic mass is 16.5. The molecule has 1 saturated heterocycles. The third-order valence-corrected chi connectivity index (χ3v) is 6.76. The minimum Gasteiger partial charge on any atom is -0.379 e. The maximum atomic E-state index is 13.8. The summed E-state index contributed by atoms with van der Waals surface area (Å²) in [7, 11) is 0. The molecule has 5 rings (SSSR count). The van der Waals surface area contributed by atoms with Gasteiger partial charge in [-0.25, -0.2) is 4.98 Å². The second-order valence-electron chi connectivity index (χ2n) is 9.34. The number of aromatic nitrogens is 2. The van der Waals surface area contributed by atoms with Gasteiger partial charge in [-0.15, -0.1) is 0 Å². The molecule has 1 aliphatic rings. The molecule has 1 amide bonds. The zero-order valence-corrected chi connectivity index (χ0v) is 21.2. The molecule has 0 spiro atoms. The van der Waals surface area contributed by atoms with Crippen molar-refractivity contribution >= 4 is 28.4 Å². The van der Waals surface area contributed by atoms with Crippen molar-refractivity contribution in [1.82, 2.24) is 14.9 Å². The van der Waals surface area contributed by atoms with E-state index in [9.17, 15) is 4.79 Å². The van der Waals surface area contributed by atoms with Crippen molar-refractivity contribution in [3.05, 3.63) is 96.2 Å². The van der Waals surface area contributed by atoms with Gasteiger partial charge in [0, 0.05) is 37.9 Å². The number of ether oxygens (including phenoxy) is 1. The molecule has 0 aliphatic carbocycles. The lowest BCUT2D eigenvalue weighted by atomic mass is 10.1. The van der Waals surface area contributed by atoms with E-state index >= 15 is 0 Å². The number of morpholine rings is 1. The standard InChI is InChI=1S/C30H33N5O2/c1-23(24-8-3-2-4-9-24)32-30-31-15-14-28(33-30)35(17-7-16-34-18-20-37-21-19-34)29(36)27-13-12-25-10-5-6-11-26(25)22-27/h2-6,8-15,22-23H,7,16-21H2,1H3,(H,31,32,33)/t23-/m0/s1. The summed E-state index contributed by atoms with van der Waals surface area (Å²) < 4.78 is 5.47. The number of anilines is 2. The van der Waals surface area contributed by atoms with E-state index in [0.29, 0.717) is 23.9 Å². The van der Waals surface area contributed by atoms with E-state index in [4.69, 9.17) is 9.72 Å². The summed E-state index contributed by atoms with van der Waals surface area (Å²) in [6.07, 6.45) is 2.55. The fraction of sp³-hybridized carbons (Fsp3) is 0.300. The SMILES string of the molecule is C[C@H](Nc1nccc(N(CCCN2CCOCC2)C(=O)c2ccc3ccccc3c2)n1)c1ccccc1. The Morgan fingerprint density at radius 3 is 2.57 bits per heavy atom. The average molecular weight is 496 g/mol. The maximum absolute atomic E-state index is 13.8. The van der Waals surface area contributed by atoms with Gasteiger partial charge in [0.25, 0.3) is 5.91 Å². The lowest BCUT2D eigenvalue weighted by Gasteiger charge is -2.28. The summed E-state index contributed by atoms with van der Waals surface area (Å²) in [5, 5.41) is 5.54. The first-order valence-corrected chi connectivity index (χ1v) is 12.9. The molecule has 0 saturated carbocycles. The first kappa shape index (κ1) is 24.9. The van der Waals surface area contributed by atoms with Gasteiger partial charge in [-0.3, -0.25) is 14.6 Å². The Morgan fingerprint density at radius 1 is 1.00 bits per heavy atom. The first-order valence-electron chi connectivity index (χ1n) is 12.9. The van der Waals surface area contributed by atoms with Crippen LogP contribution in [-0.2, 0) is 4.74 Å².